The molecule has 0 radical (unpaired) electrons. The first-order chi connectivity index (χ1) is 39.2. The maximum absolute atomic E-state index is 15.6. The van der Waals surface area contributed by atoms with Crippen LogP contribution in [0.25, 0.3) is 10.9 Å². The highest BCUT2D eigenvalue weighted by Crippen LogP contribution is 2.39. The van der Waals surface area contributed by atoms with Gasteiger partial charge in [-0.25, -0.2) is 9.18 Å². The Hall–Kier alpha value is -5.30. The Labute approximate surface area is 468 Å². The minimum Gasteiger partial charge on any atom is -0.477 e. The Morgan fingerprint density at radius 2 is 1.34 bits per heavy atom. The van der Waals surface area contributed by atoms with Gasteiger partial charge in [-0.15, -0.1) is 5.10 Å². The van der Waals surface area contributed by atoms with Crippen molar-refractivity contribution < 1.29 is 78.1 Å². The lowest BCUT2D eigenvalue weighted by atomic mass is 9.84. The lowest BCUT2D eigenvalue weighted by molar-refractivity contribution is -0.306. The van der Waals surface area contributed by atoms with Crippen LogP contribution in [0.1, 0.15) is 52.5 Å². The smallest absolute Gasteiger partial charge is 0.341 e. The number of piperazine rings is 1. The van der Waals surface area contributed by atoms with E-state index in [2.05, 4.69) is 20.5 Å². The van der Waals surface area contributed by atoms with E-state index >= 15 is 4.39 Å². The first-order valence-corrected chi connectivity index (χ1v) is 27.5. The van der Waals surface area contributed by atoms with Gasteiger partial charge in [0, 0.05) is 82.1 Å². The molecule has 4 saturated heterocycles. The quantitative estimate of drug-likeness (QED) is 0.0416. The van der Waals surface area contributed by atoms with Crippen LogP contribution >= 0.6 is 0 Å². The number of aryl methyl sites for hydroxylation is 2. The summed E-state index contributed by atoms with van der Waals surface area (Å²) in [6.45, 7) is 2.89. The van der Waals surface area contributed by atoms with Crippen molar-refractivity contribution in [2.75, 3.05) is 44.2 Å². The standard InChI is InChI=1S/C52H74FN13O16/c53-28-13-26-31(66(25-5-6-25)21-27(37(26)67)49(75)76)15-32(28)64-11-9-63(10-12-64)19-23-3-1-22(2-4-23)7-8-65-20-24(61-62-65)18-60-48(74)47-46(80-51-36(59)42(72)40(70)34(17-55)78-51)43(73)52(82-47)81-45-38(68)29(56)14-30(57)44(45)79-50-35(58)41(71)39(69)33(16-54)77-50/h1-4,13,15,20-21,25,29-30,33-36,38-47,50-52,68-73H,5-12,14,16-19,54-59H2,(H,60,74)(H,75,76)/t29-,30+,33-,34+,35-,36-,38+,39-,40-,41-,42-,43-,44-,45+,46+,47+,50-,51-,52-/m1/s1. The fourth-order valence-corrected chi connectivity index (χ4v) is 11.4. The second-order valence-corrected chi connectivity index (χ2v) is 22.1. The van der Waals surface area contributed by atoms with E-state index in [9.17, 15) is 50.1 Å². The number of ether oxygens (including phenoxy) is 6. The summed E-state index contributed by atoms with van der Waals surface area (Å²) in [5, 5.41) is 86.5. The largest absolute Gasteiger partial charge is 0.477 e. The molecular formula is C52H74FN13O16. The molecule has 6 aliphatic rings. The lowest BCUT2D eigenvalue weighted by Gasteiger charge is -2.47. The van der Waals surface area contributed by atoms with E-state index in [1.807, 2.05) is 29.2 Å². The monoisotopic (exact) mass is 1160 g/mol. The molecule has 0 unspecified atom stereocenters. The van der Waals surface area contributed by atoms with Gasteiger partial charge in [-0.2, -0.15) is 0 Å². The average Bonchev–Trinajstić information content (AvgIpc) is 4.23. The maximum atomic E-state index is 15.6. The van der Waals surface area contributed by atoms with E-state index in [-0.39, 0.29) is 43.0 Å². The molecule has 10 rings (SSSR count). The number of rotatable bonds is 19. The van der Waals surface area contributed by atoms with Crippen LogP contribution in [0.5, 0.6) is 0 Å². The molecule has 2 aromatic heterocycles. The van der Waals surface area contributed by atoms with Crippen molar-refractivity contribution in [2.24, 2.45) is 34.4 Å². The summed E-state index contributed by atoms with van der Waals surface area (Å²) in [7, 11) is 0. The van der Waals surface area contributed by atoms with Gasteiger partial charge in [0.15, 0.2) is 25.0 Å². The van der Waals surface area contributed by atoms with Crippen molar-refractivity contribution in [3.05, 3.63) is 87.2 Å². The number of nitrogens with zero attached hydrogens (tertiary/aromatic N) is 6. The van der Waals surface area contributed by atoms with Crippen LogP contribution in [-0.4, -0.2) is 228 Å². The number of carboxylic acids is 1. The summed E-state index contributed by atoms with van der Waals surface area (Å²) in [5.41, 5.74) is 39.0. The molecule has 2 aromatic carbocycles. The summed E-state index contributed by atoms with van der Waals surface area (Å²) < 4.78 is 55.0. The van der Waals surface area contributed by atoms with Gasteiger partial charge in [0.25, 0.3) is 5.91 Å². The minimum absolute atomic E-state index is 0.00808. The van der Waals surface area contributed by atoms with E-state index in [4.69, 9.17) is 62.8 Å². The number of nitrogens with two attached hydrogens (primary N) is 6. The Kier molecular flexibility index (Phi) is 18.3. The van der Waals surface area contributed by atoms with Gasteiger partial charge in [0.2, 0.25) is 5.43 Å². The van der Waals surface area contributed by atoms with E-state index < -0.39 is 139 Å². The number of halogens is 1. The molecule has 30 heteroatoms. The van der Waals surface area contributed by atoms with Crippen LogP contribution in [-0.2, 0) is 59.3 Å². The molecule has 450 valence electrons. The van der Waals surface area contributed by atoms with Crippen molar-refractivity contribution in [1.82, 2.24) is 29.8 Å². The number of aromatic nitrogens is 4. The van der Waals surface area contributed by atoms with Gasteiger partial charge in [-0.3, -0.25) is 19.2 Å². The van der Waals surface area contributed by atoms with Crippen molar-refractivity contribution >= 4 is 28.5 Å². The van der Waals surface area contributed by atoms with E-state index in [1.165, 1.54) is 12.3 Å². The van der Waals surface area contributed by atoms with Gasteiger partial charge < -0.3 is 113 Å². The zero-order valence-electron chi connectivity index (χ0n) is 44.7. The fraction of sp³-hybridized carbons (Fsp3) is 0.635. The summed E-state index contributed by atoms with van der Waals surface area (Å²) in [4.78, 5) is 43.1. The normalized spacial score (nSPS) is 35.5. The van der Waals surface area contributed by atoms with Crippen molar-refractivity contribution in [3.63, 3.8) is 0 Å². The summed E-state index contributed by atoms with van der Waals surface area (Å²) in [5.74, 6) is -2.74. The predicted octanol–water partition coefficient (Wildman–Crippen LogP) is -5.93. The molecule has 6 fully saturated rings. The second-order valence-electron chi connectivity index (χ2n) is 22.1. The van der Waals surface area contributed by atoms with Crippen LogP contribution in [0, 0.1) is 5.82 Å². The van der Waals surface area contributed by atoms with Gasteiger partial charge in [0.1, 0.15) is 78.1 Å². The molecule has 2 saturated carbocycles. The van der Waals surface area contributed by atoms with Gasteiger partial charge >= 0.3 is 5.97 Å². The number of hydrogen-bond donors (Lipinski definition) is 14. The molecule has 2 aliphatic carbocycles. The molecule has 0 spiro atoms. The molecular weight excluding hydrogens is 1080 g/mol. The number of aromatic carboxylic acids is 1. The zero-order chi connectivity index (χ0) is 58.4. The number of hydrogen-bond acceptors (Lipinski definition) is 25. The van der Waals surface area contributed by atoms with Crippen LogP contribution in [0.15, 0.2) is 53.6 Å². The lowest BCUT2D eigenvalue weighted by Crippen LogP contribution is -2.68. The predicted molar refractivity (Wildman–Crippen MR) is 284 cm³/mol. The fourth-order valence-electron chi connectivity index (χ4n) is 11.4. The number of amides is 1. The minimum atomic E-state index is -1.85. The average molecular weight is 1160 g/mol. The third kappa shape index (κ3) is 12.4. The Bertz CT molecular complexity index is 2930. The summed E-state index contributed by atoms with van der Waals surface area (Å²) >= 11 is 0. The van der Waals surface area contributed by atoms with E-state index in [0.717, 1.165) is 24.0 Å². The van der Waals surface area contributed by atoms with Crippen LogP contribution in [0.2, 0.25) is 0 Å². The number of pyridine rings is 1. The molecule has 4 aromatic rings. The number of carbonyl (C=O) groups excluding carboxylic acids is 1. The molecule has 29 nitrogen and oxygen atoms in total. The molecule has 19 atom stereocenters. The molecule has 82 heavy (non-hydrogen) atoms. The first kappa shape index (κ1) is 59.8. The number of benzene rings is 2. The van der Waals surface area contributed by atoms with Crippen LogP contribution in [0.4, 0.5) is 10.1 Å². The summed E-state index contributed by atoms with van der Waals surface area (Å²) in [6, 6.07) is 6.41. The first-order valence-electron chi connectivity index (χ1n) is 27.5. The van der Waals surface area contributed by atoms with Crippen molar-refractivity contribution in [1.29, 1.82) is 0 Å². The SMILES string of the molecule is NC[C@@H]1O[C@H](O[C@H]2[C@@H](O)[C@H](O[C@H]3[C@@H](O)[C@H](N)C[C@H](N)[C@H]3O[C@H]3O[C@H](CN)[C@@H](O)[C@H](O)[C@H]3N)O[C@@H]2C(=O)NCc2cn(CCc3ccc(CN4CCN(c5cc6c(cc5F)c(=O)c(C(=O)O)cn6C5CC5)CC4)cc3)nn2)[C@H](N)[C@@H](O)[C@@H]1O. The van der Waals surface area contributed by atoms with Crippen LogP contribution in [0.3, 0.4) is 0 Å². The highest BCUT2D eigenvalue weighted by Gasteiger charge is 2.56. The molecule has 1 amide bonds. The van der Waals surface area contributed by atoms with E-state index in [1.54, 1.807) is 21.5 Å². The molecule has 0 bridgehead atoms. The third-order valence-electron chi connectivity index (χ3n) is 16.4. The molecule has 20 N–H and O–H groups in total. The molecule has 4 aliphatic heterocycles. The van der Waals surface area contributed by atoms with Gasteiger partial charge in [-0.05, 0) is 48.9 Å². The number of fused-ring (bicyclic) bond motifs is 1. The Morgan fingerprint density at radius 3 is 1.95 bits per heavy atom. The maximum Gasteiger partial charge on any atom is 0.341 e. The van der Waals surface area contributed by atoms with Gasteiger partial charge in [0.05, 0.1) is 42.1 Å². The topological polar surface area (TPSA) is 458 Å². The molecule has 6 heterocycles. The van der Waals surface area contributed by atoms with Gasteiger partial charge in [-0.1, -0.05) is 29.5 Å². The number of anilines is 1. The number of nitrogens with one attached hydrogen (secondary N) is 1. The summed E-state index contributed by atoms with van der Waals surface area (Å²) in [6.07, 6.45) is -17.2. The van der Waals surface area contributed by atoms with E-state index in [0.29, 0.717) is 62.6 Å². The van der Waals surface area contributed by atoms with Crippen LogP contribution < -0.4 is 50.0 Å². The highest BCUT2D eigenvalue weighted by molar-refractivity contribution is 5.93. The second kappa shape index (κ2) is 25.1. The number of carboxylic acid groups (broad SMARTS) is 1. The van der Waals surface area contributed by atoms with Crippen molar-refractivity contribution in [3.8, 4) is 0 Å². The Morgan fingerprint density at radius 1 is 0.732 bits per heavy atom. The Balaban J connectivity index is 0.747. The van der Waals surface area contributed by atoms with Crippen molar-refractivity contribution in [2.45, 2.75) is 168 Å². The zero-order valence-corrected chi connectivity index (χ0v) is 44.7. The highest BCUT2D eigenvalue weighted by atomic mass is 19.1. The number of aliphatic hydroxyl groups is 6. The number of aliphatic hydroxyl groups excluding tert-OH is 6. The number of carbonyl (C=O) groups is 2. The third-order valence-corrected chi connectivity index (χ3v) is 16.4.